The predicted octanol–water partition coefficient (Wildman–Crippen LogP) is 1.73. The minimum atomic E-state index is -0.647. The molecular formula is C16H24N2O4. The zero-order valence-electron chi connectivity index (χ0n) is 13.5. The number of hydrogen-bond acceptors (Lipinski definition) is 4. The van der Waals surface area contributed by atoms with Gasteiger partial charge in [-0.25, -0.2) is 9.59 Å². The summed E-state index contributed by atoms with van der Waals surface area (Å²) < 4.78 is 9.76. The smallest absolute Gasteiger partial charge is 0.328 e. The molecular weight excluding hydrogens is 284 g/mol. The second-order valence-corrected chi connectivity index (χ2v) is 5.24. The van der Waals surface area contributed by atoms with Crippen LogP contribution in [0.5, 0.6) is 5.75 Å². The van der Waals surface area contributed by atoms with E-state index in [1.807, 2.05) is 38.1 Å². The van der Waals surface area contributed by atoms with E-state index in [0.717, 1.165) is 11.3 Å². The molecule has 0 bridgehead atoms. The van der Waals surface area contributed by atoms with Crippen LogP contribution in [0.3, 0.4) is 0 Å². The van der Waals surface area contributed by atoms with E-state index in [9.17, 15) is 9.59 Å². The summed E-state index contributed by atoms with van der Waals surface area (Å²) in [5.41, 5.74) is 1.09. The number of ether oxygens (including phenoxy) is 2. The van der Waals surface area contributed by atoms with Gasteiger partial charge < -0.3 is 20.1 Å². The van der Waals surface area contributed by atoms with Crippen LogP contribution in [0, 0.1) is 5.92 Å². The number of esters is 1. The maximum absolute atomic E-state index is 11.8. The van der Waals surface area contributed by atoms with E-state index in [4.69, 9.17) is 4.74 Å². The van der Waals surface area contributed by atoms with Gasteiger partial charge >= 0.3 is 12.0 Å². The molecule has 0 saturated heterocycles. The molecule has 1 unspecified atom stereocenters. The zero-order chi connectivity index (χ0) is 16.5. The fourth-order valence-electron chi connectivity index (χ4n) is 1.93. The second-order valence-electron chi connectivity index (χ2n) is 5.24. The Hall–Kier alpha value is -2.24. The first kappa shape index (κ1) is 17.8. The molecule has 0 heterocycles. The summed E-state index contributed by atoms with van der Waals surface area (Å²) in [5, 5.41) is 5.36. The van der Waals surface area contributed by atoms with Gasteiger partial charge in [-0.2, -0.15) is 0 Å². The molecule has 22 heavy (non-hydrogen) atoms. The lowest BCUT2D eigenvalue weighted by Crippen LogP contribution is -2.49. The summed E-state index contributed by atoms with van der Waals surface area (Å²) in [6.45, 7) is 4.17. The van der Waals surface area contributed by atoms with Gasteiger partial charge in [0.15, 0.2) is 0 Å². The average Bonchev–Trinajstić information content (AvgIpc) is 2.52. The third-order valence-corrected chi connectivity index (χ3v) is 3.27. The number of benzene rings is 1. The highest BCUT2D eigenvalue weighted by Gasteiger charge is 2.24. The summed E-state index contributed by atoms with van der Waals surface area (Å²) >= 11 is 0. The molecule has 2 amide bonds. The van der Waals surface area contributed by atoms with Gasteiger partial charge in [0.1, 0.15) is 11.8 Å². The number of hydrogen-bond donors (Lipinski definition) is 2. The van der Waals surface area contributed by atoms with E-state index < -0.39 is 12.0 Å². The molecule has 0 aliphatic rings. The van der Waals surface area contributed by atoms with Crippen molar-refractivity contribution in [3.05, 3.63) is 29.8 Å². The molecule has 1 aromatic rings. The summed E-state index contributed by atoms with van der Waals surface area (Å²) in [6.07, 6.45) is 0.696. The molecule has 6 heteroatoms. The Kier molecular flexibility index (Phi) is 7.22. The topological polar surface area (TPSA) is 76.7 Å². The second kappa shape index (κ2) is 8.92. The Labute approximate surface area is 131 Å². The molecule has 2 N–H and O–H groups in total. The highest BCUT2D eigenvalue weighted by molar-refractivity contribution is 5.83. The summed E-state index contributed by atoms with van der Waals surface area (Å²) in [5.74, 6) is 0.312. The normalized spacial score (nSPS) is 11.7. The van der Waals surface area contributed by atoms with Crippen LogP contribution in [0.25, 0.3) is 0 Å². The number of carbonyl (C=O) groups excluding carboxylic acids is 2. The summed E-state index contributed by atoms with van der Waals surface area (Å²) in [6, 6.07) is 6.62. The van der Waals surface area contributed by atoms with Gasteiger partial charge in [0.25, 0.3) is 0 Å². The molecule has 6 nitrogen and oxygen atoms in total. The van der Waals surface area contributed by atoms with Gasteiger partial charge in [0.05, 0.1) is 14.2 Å². The van der Waals surface area contributed by atoms with Crippen molar-refractivity contribution >= 4 is 12.0 Å². The molecule has 1 rings (SSSR count). The van der Waals surface area contributed by atoms with Crippen molar-refractivity contribution < 1.29 is 19.1 Å². The molecule has 0 saturated carbocycles. The van der Waals surface area contributed by atoms with E-state index in [1.165, 1.54) is 7.11 Å². The summed E-state index contributed by atoms with van der Waals surface area (Å²) in [4.78, 5) is 23.4. The van der Waals surface area contributed by atoms with Crippen LogP contribution in [0.15, 0.2) is 24.3 Å². The highest BCUT2D eigenvalue weighted by Crippen LogP contribution is 2.11. The van der Waals surface area contributed by atoms with Crippen molar-refractivity contribution in [3.63, 3.8) is 0 Å². The minimum absolute atomic E-state index is 0.0419. The number of amides is 2. The van der Waals surface area contributed by atoms with Crippen LogP contribution in [0.1, 0.15) is 19.4 Å². The molecule has 0 aromatic heterocycles. The first-order valence-electron chi connectivity index (χ1n) is 7.23. The van der Waals surface area contributed by atoms with Gasteiger partial charge in [-0.3, -0.25) is 0 Å². The maximum atomic E-state index is 11.8. The fraction of sp³-hybridized carbons (Fsp3) is 0.500. The van der Waals surface area contributed by atoms with Crippen LogP contribution in [0.4, 0.5) is 4.79 Å². The van der Waals surface area contributed by atoms with Gasteiger partial charge in [-0.15, -0.1) is 0 Å². The van der Waals surface area contributed by atoms with Crippen molar-refractivity contribution in [2.24, 2.45) is 5.92 Å². The number of carbonyl (C=O) groups is 2. The number of nitrogens with one attached hydrogen (secondary N) is 2. The highest BCUT2D eigenvalue weighted by atomic mass is 16.5. The van der Waals surface area contributed by atoms with E-state index in [2.05, 4.69) is 15.4 Å². The average molecular weight is 308 g/mol. The molecule has 0 radical (unpaired) electrons. The van der Waals surface area contributed by atoms with Gasteiger partial charge in [0.2, 0.25) is 0 Å². The summed E-state index contributed by atoms with van der Waals surface area (Å²) in [7, 11) is 2.92. The number of rotatable bonds is 7. The van der Waals surface area contributed by atoms with Gasteiger partial charge in [-0.1, -0.05) is 26.0 Å². The largest absolute Gasteiger partial charge is 0.497 e. The Balaban J connectivity index is 2.40. The van der Waals surface area contributed by atoms with E-state index in [-0.39, 0.29) is 11.9 Å². The molecule has 0 aliphatic heterocycles. The standard InChI is InChI=1S/C16H24N2O4/c1-11(2)14(15(19)22-4)18-16(20)17-10-9-12-5-7-13(21-3)8-6-12/h5-8,11,14H,9-10H2,1-4H3,(H2,17,18,20). The maximum Gasteiger partial charge on any atom is 0.328 e. The van der Waals surface area contributed by atoms with Crippen molar-refractivity contribution in [2.45, 2.75) is 26.3 Å². The molecule has 1 atom stereocenters. The lowest BCUT2D eigenvalue weighted by atomic mass is 10.1. The number of methoxy groups -OCH3 is 2. The van der Waals surface area contributed by atoms with Crippen LogP contribution in [-0.2, 0) is 16.0 Å². The first-order valence-corrected chi connectivity index (χ1v) is 7.23. The van der Waals surface area contributed by atoms with Gasteiger partial charge in [0, 0.05) is 6.54 Å². The Bertz CT molecular complexity index is 485. The zero-order valence-corrected chi connectivity index (χ0v) is 13.5. The fourth-order valence-corrected chi connectivity index (χ4v) is 1.93. The van der Waals surface area contributed by atoms with Crippen LogP contribution >= 0.6 is 0 Å². The monoisotopic (exact) mass is 308 g/mol. The Morgan fingerprint density at radius 2 is 1.77 bits per heavy atom. The lowest BCUT2D eigenvalue weighted by molar-refractivity contribution is -0.143. The van der Waals surface area contributed by atoms with Crippen molar-refractivity contribution in [2.75, 3.05) is 20.8 Å². The minimum Gasteiger partial charge on any atom is -0.497 e. The Morgan fingerprint density at radius 3 is 2.27 bits per heavy atom. The van der Waals surface area contributed by atoms with E-state index >= 15 is 0 Å². The predicted molar refractivity (Wildman–Crippen MR) is 83.9 cm³/mol. The SMILES string of the molecule is COC(=O)C(NC(=O)NCCc1ccc(OC)cc1)C(C)C. The molecule has 0 spiro atoms. The lowest BCUT2D eigenvalue weighted by Gasteiger charge is -2.20. The third-order valence-electron chi connectivity index (χ3n) is 3.27. The molecule has 1 aromatic carbocycles. The van der Waals surface area contributed by atoms with Crippen LogP contribution < -0.4 is 15.4 Å². The molecule has 122 valence electrons. The molecule has 0 fully saturated rings. The number of urea groups is 1. The van der Waals surface area contributed by atoms with Gasteiger partial charge in [-0.05, 0) is 30.0 Å². The van der Waals surface area contributed by atoms with Crippen molar-refractivity contribution in [1.82, 2.24) is 10.6 Å². The van der Waals surface area contributed by atoms with Crippen molar-refractivity contribution in [3.8, 4) is 5.75 Å². The van der Waals surface area contributed by atoms with Crippen molar-refractivity contribution in [1.29, 1.82) is 0 Å². The first-order chi connectivity index (χ1) is 10.5. The Morgan fingerprint density at radius 1 is 1.14 bits per heavy atom. The van der Waals surface area contributed by atoms with E-state index in [0.29, 0.717) is 13.0 Å². The molecule has 0 aliphatic carbocycles. The van der Waals surface area contributed by atoms with Crippen LogP contribution in [0.2, 0.25) is 0 Å². The quantitative estimate of drug-likeness (QED) is 0.752. The van der Waals surface area contributed by atoms with E-state index in [1.54, 1.807) is 7.11 Å². The van der Waals surface area contributed by atoms with Crippen LogP contribution in [-0.4, -0.2) is 38.8 Å². The third kappa shape index (κ3) is 5.63.